The fourth-order valence-corrected chi connectivity index (χ4v) is 0.710. The third-order valence-electron chi connectivity index (χ3n) is 1.17. The molecular formula is C10H14O3. The summed E-state index contributed by atoms with van der Waals surface area (Å²) in [4.78, 5) is 21.7. The lowest BCUT2D eigenvalue weighted by molar-refractivity contribution is -0.136. The maximum atomic E-state index is 11.0. The van der Waals surface area contributed by atoms with E-state index in [1.165, 1.54) is 0 Å². The molecule has 0 saturated carbocycles. The number of hydrogen-bond donors (Lipinski definition) is 0. The molecule has 0 N–H and O–H groups in total. The Morgan fingerprint density at radius 3 is 2.38 bits per heavy atom. The monoisotopic (exact) mass is 182 g/mol. The van der Waals surface area contributed by atoms with Gasteiger partial charge in [-0.25, -0.2) is 4.79 Å². The molecule has 0 unspecified atom stereocenters. The number of carbonyl (C=O) groups excluding carboxylic acids is 2. The third kappa shape index (κ3) is 7.07. The second-order valence-electron chi connectivity index (χ2n) is 2.99. The van der Waals surface area contributed by atoms with Gasteiger partial charge in [-0.1, -0.05) is 13.8 Å². The Labute approximate surface area is 78.5 Å². The number of carbonyl (C=O) groups is 2. The Balaban J connectivity index is 3.95. The van der Waals surface area contributed by atoms with Crippen molar-refractivity contribution in [1.29, 1.82) is 0 Å². The van der Waals surface area contributed by atoms with Crippen LogP contribution >= 0.6 is 0 Å². The van der Waals surface area contributed by atoms with Crippen molar-refractivity contribution in [3.05, 3.63) is 0 Å². The Kier molecular flexibility index (Phi) is 5.62. The van der Waals surface area contributed by atoms with Gasteiger partial charge in [0.25, 0.3) is 0 Å². The quantitative estimate of drug-likeness (QED) is 0.285. The maximum Gasteiger partial charge on any atom is 0.384 e. The van der Waals surface area contributed by atoms with Gasteiger partial charge < -0.3 is 4.74 Å². The lowest BCUT2D eigenvalue weighted by atomic mass is 10.1. The number of Topliss-reactive ketones (excluding diaryl/α,β-unsaturated/α-hetero) is 1. The predicted octanol–water partition coefficient (Wildman–Crippen LogP) is 1.17. The van der Waals surface area contributed by atoms with Crippen LogP contribution < -0.4 is 0 Å². The van der Waals surface area contributed by atoms with Crippen molar-refractivity contribution < 1.29 is 14.3 Å². The highest BCUT2D eigenvalue weighted by Crippen LogP contribution is 1.98. The van der Waals surface area contributed by atoms with Gasteiger partial charge in [0.1, 0.15) is 0 Å². The molecule has 0 amide bonds. The van der Waals surface area contributed by atoms with E-state index in [0.29, 0.717) is 6.42 Å². The minimum atomic E-state index is -0.639. The van der Waals surface area contributed by atoms with E-state index >= 15 is 0 Å². The molecule has 0 rings (SSSR count). The van der Waals surface area contributed by atoms with Gasteiger partial charge in [-0.3, -0.25) is 4.79 Å². The molecule has 0 heterocycles. The van der Waals surface area contributed by atoms with Gasteiger partial charge in [-0.05, 0) is 18.8 Å². The molecule has 0 aromatic rings. The summed E-state index contributed by atoms with van der Waals surface area (Å²) in [6.45, 7) is 5.81. The summed E-state index contributed by atoms with van der Waals surface area (Å²) in [7, 11) is 0. The van der Waals surface area contributed by atoms with Crippen molar-refractivity contribution in [2.24, 2.45) is 5.92 Å². The molecule has 0 atom stereocenters. The van der Waals surface area contributed by atoms with E-state index in [1.54, 1.807) is 6.92 Å². The van der Waals surface area contributed by atoms with Gasteiger partial charge in [-0.15, -0.1) is 0 Å². The number of hydrogen-bond acceptors (Lipinski definition) is 3. The van der Waals surface area contributed by atoms with Crippen LogP contribution in [-0.2, 0) is 14.3 Å². The largest absolute Gasteiger partial charge is 0.456 e. The first-order valence-corrected chi connectivity index (χ1v) is 4.27. The summed E-state index contributed by atoms with van der Waals surface area (Å²) < 4.78 is 4.53. The highest BCUT2D eigenvalue weighted by molar-refractivity contribution is 6.01. The summed E-state index contributed by atoms with van der Waals surface area (Å²) in [6, 6.07) is 0. The minimum Gasteiger partial charge on any atom is -0.456 e. The maximum absolute atomic E-state index is 11.0. The lowest BCUT2D eigenvalue weighted by Crippen LogP contribution is -2.03. The molecule has 0 aromatic carbocycles. The molecule has 0 radical (unpaired) electrons. The standard InChI is InChI=1S/C10H14O3/c1-4-13-10(12)6-5-9(11)7-8(2)3/h8H,4,7H2,1-3H3. The van der Waals surface area contributed by atoms with Crippen LogP contribution in [0.5, 0.6) is 0 Å². The van der Waals surface area contributed by atoms with Crippen LogP contribution in [-0.4, -0.2) is 18.4 Å². The number of ketones is 1. The zero-order valence-electron chi connectivity index (χ0n) is 8.22. The Hall–Kier alpha value is -1.30. The molecule has 3 nitrogen and oxygen atoms in total. The molecular weight excluding hydrogens is 168 g/mol. The van der Waals surface area contributed by atoms with Crippen molar-refractivity contribution in [1.82, 2.24) is 0 Å². The number of rotatable bonds is 3. The smallest absolute Gasteiger partial charge is 0.384 e. The Morgan fingerprint density at radius 2 is 1.92 bits per heavy atom. The first-order valence-electron chi connectivity index (χ1n) is 4.27. The highest BCUT2D eigenvalue weighted by atomic mass is 16.5. The molecule has 13 heavy (non-hydrogen) atoms. The third-order valence-corrected chi connectivity index (χ3v) is 1.17. The molecule has 0 aromatic heterocycles. The fraction of sp³-hybridized carbons (Fsp3) is 0.600. The number of esters is 1. The highest BCUT2D eigenvalue weighted by Gasteiger charge is 2.01. The van der Waals surface area contributed by atoms with E-state index in [4.69, 9.17) is 0 Å². The molecule has 72 valence electrons. The molecule has 0 fully saturated rings. The zero-order chi connectivity index (χ0) is 10.3. The van der Waals surface area contributed by atoms with Gasteiger partial charge in [0.2, 0.25) is 5.78 Å². The Bertz CT molecular complexity index is 243. The SMILES string of the molecule is CCOC(=O)C#CC(=O)CC(C)C. The van der Waals surface area contributed by atoms with Gasteiger partial charge in [0.05, 0.1) is 6.61 Å². The van der Waals surface area contributed by atoms with E-state index in [9.17, 15) is 9.59 Å². The Morgan fingerprint density at radius 1 is 1.31 bits per heavy atom. The molecule has 0 aliphatic heterocycles. The first-order chi connectivity index (χ1) is 6.06. The summed E-state index contributed by atoms with van der Waals surface area (Å²) >= 11 is 0. The van der Waals surface area contributed by atoms with Crippen LogP contribution in [0.3, 0.4) is 0 Å². The van der Waals surface area contributed by atoms with Gasteiger partial charge in [0, 0.05) is 12.3 Å². The van der Waals surface area contributed by atoms with Crippen molar-refractivity contribution in [3.8, 4) is 11.8 Å². The average Bonchev–Trinajstić information content (AvgIpc) is 2.00. The van der Waals surface area contributed by atoms with E-state index in [-0.39, 0.29) is 18.3 Å². The molecule has 0 aliphatic carbocycles. The van der Waals surface area contributed by atoms with Gasteiger partial charge in [0.15, 0.2) is 0 Å². The van der Waals surface area contributed by atoms with Crippen LogP contribution in [0.25, 0.3) is 0 Å². The van der Waals surface area contributed by atoms with Crippen molar-refractivity contribution >= 4 is 11.8 Å². The second-order valence-corrected chi connectivity index (χ2v) is 2.99. The summed E-state index contributed by atoms with van der Waals surface area (Å²) in [5.41, 5.74) is 0. The normalized spacial score (nSPS) is 8.92. The topological polar surface area (TPSA) is 43.4 Å². The molecule has 0 aliphatic rings. The molecule has 0 saturated heterocycles. The average molecular weight is 182 g/mol. The van der Waals surface area contributed by atoms with Crippen molar-refractivity contribution in [2.75, 3.05) is 6.61 Å². The number of ether oxygens (including phenoxy) is 1. The predicted molar refractivity (Wildman–Crippen MR) is 48.9 cm³/mol. The van der Waals surface area contributed by atoms with Crippen LogP contribution in [0.4, 0.5) is 0 Å². The molecule has 3 heteroatoms. The first kappa shape index (κ1) is 11.7. The summed E-state index contributed by atoms with van der Waals surface area (Å²) in [6.07, 6.45) is 0.381. The van der Waals surface area contributed by atoms with Gasteiger partial charge >= 0.3 is 5.97 Å². The molecule has 0 spiro atoms. The molecule has 0 bridgehead atoms. The summed E-state index contributed by atoms with van der Waals surface area (Å²) in [5, 5.41) is 0. The van der Waals surface area contributed by atoms with E-state index in [0.717, 1.165) is 0 Å². The van der Waals surface area contributed by atoms with Crippen molar-refractivity contribution in [3.63, 3.8) is 0 Å². The lowest BCUT2D eigenvalue weighted by Gasteiger charge is -1.96. The van der Waals surface area contributed by atoms with Crippen molar-refractivity contribution in [2.45, 2.75) is 27.2 Å². The van der Waals surface area contributed by atoms with Crippen LogP contribution in [0, 0.1) is 17.8 Å². The van der Waals surface area contributed by atoms with Crippen LogP contribution in [0.1, 0.15) is 27.2 Å². The fourth-order valence-electron chi connectivity index (χ4n) is 0.710. The van der Waals surface area contributed by atoms with E-state index in [1.807, 2.05) is 13.8 Å². The van der Waals surface area contributed by atoms with E-state index < -0.39 is 5.97 Å². The zero-order valence-corrected chi connectivity index (χ0v) is 8.22. The van der Waals surface area contributed by atoms with Crippen LogP contribution in [0.15, 0.2) is 0 Å². The van der Waals surface area contributed by atoms with Crippen LogP contribution in [0.2, 0.25) is 0 Å². The van der Waals surface area contributed by atoms with E-state index in [2.05, 4.69) is 16.6 Å². The summed E-state index contributed by atoms with van der Waals surface area (Å²) in [5.74, 6) is 3.77. The minimum absolute atomic E-state index is 0.219. The van der Waals surface area contributed by atoms with Gasteiger partial charge in [-0.2, -0.15) is 0 Å². The second kappa shape index (κ2) is 6.24.